The van der Waals surface area contributed by atoms with Crippen LogP contribution in [0.4, 0.5) is 5.69 Å². The minimum Gasteiger partial charge on any atom is -0.268 e. The highest BCUT2D eigenvalue weighted by molar-refractivity contribution is 7.99. The summed E-state index contributed by atoms with van der Waals surface area (Å²) in [6, 6.07) is 8.24. The number of rotatable bonds is 3. The van der Waals surface area contributed by atoms with Crippen LogP contribution in [0.25, 0.3) is 0 Å². The first-order chi connectivity index (χ1) is 6.42. The van der Waals surface area contributed by atoms with Gasteiger partial charge >= 0.3 is 0 Å². The average Bonchev–Trinajstić information content (AvgIpc) is 2.58. The van der Waals surface area contributed by atoms with Gasteiger partial charge in [-0.05, 0) is 12.1 Å². The van der Waals surface area contributed by atoms with Gasteiger partial charge < -0.3 is 0 Å². The Kier molecular flexibility index (Phi) is 2.57. The predicted molar refractivity (Wildman–Crippen MR) is 55.8 cm³/mol. The van der Waals surface area contributed by atoms with E-state index in [9.17, 15) is 0 Å². The lowest BCUT2D eigenvalue weighted by Gasteiger charge is -2.16. The molecular formula is C10H11NOS. The summed E-state index contributed by atoms with van der Waals surface area (Å²) >= 11 is 1.79. The summed E-state index contributed by atoms with van der Waals surface area (Å²) in [6.45, 7) is 4.18. The lowest BCUT2D eigenvalue weighted by molar-refractivity contribution is 0.146. The highest BCUT2D eigenvalue weighted by Gasteiger charge is 2.18. The van der Waals surface area contributed by atoms with Crippen molar-refractivity contribution >= 4 is 17.4 Å². The zero-order valence-electron chi connectivity index (χ0n) is 7.27. The number of hydrogen-bond donors (Lipinski definition) is 0. The van der Waals surface area contributed by atoms with Crippen LogP contribution in [0, 0.1) is 0 Å². The largest absolute Gasteiger partial charge is 0.268 e. The molecule has 3 heteroatoms. The minimum absolute atomic E-state index is 0.564. The number of thioether (sulfide) groups is 1. The van der Waals surface area contributed by atoms with E-state index in [1.54, 1.807) is 17.8 Å². The van der Waals surface area contributed by atoms with E-state index in [2.05, 4.69) is 18.7 Å². The maximum atomic E-state index is 5.47. The Balaban J connectivity index is 2.13. The third-order valence-corrected chi connectivity index (χ3v) is 2.84. The van der Waals surface area contributed by atoms with Crippen molar-refractivity contribution in [2.75, 3.05) is 17.5 Å². The molecule has 0 saturated carbocycles. The highest BCUT2D eigenvalue weighted by atomic mass is 32.2. The smallest absolute Gasteiger partial charge is 0.0957 e. The first-order valence-electron chi connectivity index (χ1n) is 4.15. The molecule has 0 N–H and O–H groups in total. The number of fused-ring (bicyclic) bond motifs is 1. The molecule has 0 aromatic heterocycles. The van der Waals surface area contributed by atoms with Gasteiger partial charge in [-0.2, -0.15) is 0 Å². The van der Waals surface area contributed by atoms with Crippen LogP contribution in [0.5, 0.6) is 0 Å². The molecule has 68 valence electrons. The molecule has 1 heterocycles. The Hall–Kier alpha value is -0.930. The second kappa shape index (κ2) is 3.85. The fourth-order valence-electron chi connectivity index (χ4n) is 1.23. The molecule has 0 spiro atoms. The monoisotopic (exact) mass is 193 g/mol. The number of para-hydroxylation sites is 1. The standard InChI is InChI=1S/C10H11NOS/c1-2-7-12-11-8-13-10-6-4-3-5-9(10)11/h2-6H,1,7-8H2. The van der Waals surface area contributed by atoms with Crippen LogP contribution in [0.15, 0.2) is 41.8 Å². The molecule has 0 aliphatic carbocycles. The van der Waals surface area contributed by atoms with Crippen LogP contribution in [0.3, 0.4) is 0 Å². The van der Waals surface area contributed by atoms with Crippen LogP contribution in [0.2, 0.25) is 0 Å². The van der Waals surface area contributed by atoms with Crippen LogP contribution < -0.4 is 5.06 Å². The molecule has 0 unspecified atom stereocenters. The van der Waals surface area contributed by atoms with Crippen molar-refractivity contribution in [2.45, 2.75) is 4.90 Å². The molecule has 0 fully saturated rings. The average molecular weight is 193 g/mol. The second-order valence-corrected chi connectivity index (χ2v) is 3.69. The van der Waals surface area contributed by atoms with E-state index in [4.69, 9.17) is 4.84 Å². The predicted octanol–water partition coefficient (Wildman–Crippen LogP) is 2.67. The Labute approximate surface area is 82.1 Å². The first-order valence-corrected chi connectivity index (χ1v) is 5.13. The van der Waals surface area contributed by atoms with E-state index in [1.165, 1.54) is 4.90 Å². The first kappa shape index (κ1) is 8.66. The Bertz CT molecular complexity index is 314. The summed E-state index contributed by atoms with van der Waals surface area (Å²) < 4.78 is 0. The zero-order valence-corrected chi connectivity index (χ0v) is 8.09. The van der Waals surface area contributed by atoms with Gasteiger partial charge in [0.15, 0.2) is 0 Å². The lowest BCUT2D eigenvalue weighted by Crippen LogP contribution is -2.19. The molecular weight excluding hydrogens is 182 g/mol. The number of hydrogen-bond acceptors (Lipinski definition) is 3. The summed E-state index contributed by atoms with van der Waals surface area (Å²) in [4.78, 5) is 6.76. The van der Waals surface area contributed by atoms with Gasteiger partial charge in [0.25, 0.3) is 0 Å². The summed E-state index contributed by atoms with van der Waals surface area (Å²) in [5.41, 5.74) is 1.16. The van der Waals surface area contributed by atoms with Crippen molar-refractivity contribution in [3.05, 3.63) is 36.9 Å². The minimum atomic E-state index is 0.564. The van der Waals surface area contributed by atoms with E-state index < -0.39 is 0 Å². The molecule has 0 atom stereocenters. The van der Waals surface area contributed by atoms with Gasteiger partial charge in [-0.1, -0.05) is 30.0 Å². The van der Waals surface area contributed by atoms with E-state index in [-0.39, 0.29) is 0 Å². The third-order valence-electron chi connectivity index (χ3n) is 1.82. The summed E-state index contributed by atoms with van der Waals surface area (Å²) in [6.07, 6.45) is 1.76. The molecule has 2 nitrogen and oxygen atoms in total. The SMILES string of the molecule is C=CCON1CSc2ccccc21. The molecule has 0 radical (unpaired) electrons. The van der Waals surface area contributed by atoms with Crippen LogP contribution in [-0.2, 0) is 4.84 Å². The molecule has 1 aliphatic rings. The van der Waals surface area contributed by atoms with Gasteiger partial charge in [0, 0.05) is 4.90 Å². The Morgan fingerprint density at radius 3 is 3.23 bits per heavy atom. The quantitative estimate of drug-likeness (QED) is 0.685. The van der Waals surface area contributed by atoms with Crippen molar-refractivity contribution < 1.29 is 4.84 Å². The fraction of sp³-hybridized carbons (Fsp3) is 0.200. The van der Waals surface area contributed by atoms with Gasteiger partial charge in [0.05, 0.1) is 18.2 Å². The van der Waals surface area contributed by atoms with Crippen molar-refractivity contribution in [2.24, 2.45) is 0 Å². The lowest BCUT2D eigenvalue weighted by atomic mass is 10.3. The van der Waals surface area contributed by atoms with Crippen molar-refractivity contribution in [1.82, 2.24) is 0 Å². The maximum Gasteiger partial charge on any atom is 0.0957 e. The van der Waals surface area contributed by atoms with E-state index in [0.29, 0.717) is 6.61 Å². The van der Waals surface area contributed by atoms with Gasteiger partial charge in [-0.25, -0.2) is 5.06 Å². The number of hydroxylamine groups is 1. The highest BCUT2D eigenvalue weighted by Crippen LogP contribution is 2.37. The molecule has 1 aromatic rings. The van der Waals surface area contributed by atoms with Crippen LogP contribution in [0.1, 0.15) is 0 Å². The van der Waals surface area contributed by atoms with Crippen molar-refractivity contribution in [3.63, 3.8) is 0 Å². The summed E-state index contributed by atoms with van der Waals surface area (Å²) in [5.74, 6) is 0.868. The Morgan fingerprint density at radius 2 is 2.38 bits per heavy atom. The number of nitrogens with zero attached hydrogens (tertiary/aromatic N) is 1. The van der Waals surface area contributed by atoms with Gasteiger partial charge in [-0.15, -0.1) is 6.58 Å². The summed E-state index contributed by atoms with van der Waals surface area (Å²) in [5, 5.41) is 1.90. The zero-order chi connectivity index (χ0) is 9.10. The number of benzene rings is 1. The third kappa shape index (κ3) is 1.71. The maximum absolute atomic E-state index is 5.47. The van der Waals surface area contributed by atoms with E-state index in [1.807, 2.05) is 17.2 Å². The molecule has 0 saturated heterocycles. The van der Waals surface area contributed by atoms with Crippen LogP contribution >= 0.6 is 11.8 Å². The topological polar surface area (TPSA) is 12.5 Å². The van der Waals surface area contributed by atoms with Gasteiger partial charge in [0.2, 0.25) is 0 Å². The molecule has 1 aromatic carbocycles. The van der Waals surface area contributed by atoms with Gasteiger partial charge in [-0.3, -0.25) is 4.84 Å². The Morgan fingerprint density at radius 1 is 1.54 bits per heavy atom. The van der Waals surface area contributed by atoms with Crippen LogP contribution in [-0.4, -0.2) is 12.5 Å². The molecule has 1 aliphatic heterocycles. The molecule has 2 rings (SSSR count). The van der Waals surface area contributed by atoms with Crippen molar-refractivity contribution in [1.29, 1.82) is 0 Å². The molecule has 13 heavy (non-hydrogen) atoms. The normalized spacial score (nSPS) is 14.3. The molecule has 0 amide bonds. The fourth-order valence-corrected chi connectivity index (χ4v) is 2.19. The summed E-state index contributed by atoms with van der Waals surface area (Å²) in [7, 11) is 0. The van der Waals surface area contributed by atoms with Crippen molar-refractivity contribution in [3.8, 4) is 0 Å². The van der Waals surface area contributed by atoms with E-state index >= 15 is 0 Å². The molecule has 0 bridgehead atoms. The van der Waals surface area contributed by atoms with Gasteiger partial charge in [0.1, 0.15) is 0 Å². The number of anilines is 1. The van der Waals surface area contributed by atoms with E-state index in [0.717, 1.165) is 11.6 Å². The second-order valence-electron chi connectivity index (χ2n) is 2.70.